The first-order chi connectivity index (χ1) is 7.11. The van der Waals surface area contributed by atoms with Crippen LogP contribution in [0.25, 0.3) is 0 Å². The van der Waals surface area contributed by atoms with E-state index >= 15 is 0 Å². The second-order valence-corrected chi connectivity index (χ2v) is 4.18. The van der Waals surface area contributed by atoms with E-state index in [0.29, 0.717) is 5.92 Å². The van der Waals surface area contributed by atoms with Crippen LogP contribution in [0, 0.1) is 17.8 Å². The van der Waals surface area contributed by atoms with Crippen molar-refractivity contribution in [2.75, 3.05) is 0 Å². The molecule has 0 aromatic heterocycles. The second kappa shape index (κ2) is 5.41. The number of rotatable bonds is 1. The summed E-state index contributed by atoms with van der Waals surface area (Å²) in [7, 11) is 0. The molecule has 1 aromatic carbocycles. The molecule has 0 heteroatoms. The molecule has 0 saturated carbocycles. The monoisotopic (exact) mass is 198 g/mol. The molecule has 0 fully saturated rings. The third-order valence-corrected chi connectivity index (χ3v) is 2.23. The van der Waals surface area contributed by atoms with Crippen LogP contribution in [0.15, 0.2) is 41.5 Å². The fraction of sp³-hybridized carbons (Fsp3) is 0.333. The van der Waals surface area contributed by atoms with E-state index < -0.39 is 0 Å². The molecule has 0 unspecified atom stereocenters. The van der Waals surface area contributed by atoms with Crippen LogP contribution >= 0.6 is 0 Å². The number of benzene rings is 1. The van der Waals surface area contributed by atoms with Crippen LogP contribution in [0.4, 0.5) is 0 Å². The van der Waals surface area contributed by atoms with Crippen LogP contribution in [0.5, 0.6) is 0 Å². The Bertz CT molecular complexity index is 393. The lowest BCUT2D eigenvalue weighted by molar-refractivity contribution is 0.787. The quantitative estimate of drug-likeness (QED) is 0.598. The third-order valence-electron chi connectivity index (χ3n) is 2.23. The van der Waals surface area contributed by atoms with Crippen molar-refractivity contribution in [2.45, 2.75) is 27.7 Å². The van der Waals surface area contributed by atoms with Gasteiger partial charge in [0.15, 0.2) is 0 Å². The number of hydrogen-bond donors (Lipinski definition) is 0. The summed E-state index contributed by atoms with van der Waals surface area (Å²) in [6.45, 7) is 8.61. The normalized spacial score (nSPS) is 9.40. The first-order valence-electron chi connectivity index (χ1n) is 5.35. The van der Waals surface area contributed by atoms with Gasteiger partial charge in [0, 0.05) is 11.1 Å². The number of allylic oxidation sites excluding steroid dienone is 2. The van der Waals surface area contributed by atoms with Gasteiger partial charge in [-0.3, -0.25) is 0 Å². The molecule has 15 heavy (non-hydrogen) atoms. The summed E-state index contributed by atoms with van der Waals surface area (Å²) >= 11 is 0. The van der Waals surface area contributed by atoms with Crippen molar-refractivity contribution in [2.24, 2.45) is 5.92 Å². The van der Waals surface area contributed by atoms with Gasteiger partial charge in [0.1, 0.15) is 0 Å². The summed E-state index contributed by atoms with van der Waals surface area (Å²) in [6, 6.07) is 10.1. The Morgan fingerprint density at radius 1 is 1.07 bits per heavy atom. The van der Waals surface area contributed by atoms with Crippen molar-refractivity contribution in [3.05, 3.63) is 47.0 Å². The van der Waals surface area contributed by atoms with Crippen molar-refractivity contribution < 1.29 is 0 Å². The van der Waals surface area contributed by atoms with E-state index in [1.807, 2.05) is 30.3 Å². The molecular weight excluding hydrogens is 180 g/mol. The van der Waals surface area contributed by atoms with Gasteiger partial charge >= 0.3 is 0 Å². The Balaban J connectivity index is 2.95. The van der Waals surface area contributed by atoms with Gasteiger partial charge in [-0.05, 0) is 31.9 Å². The van der Waals surface area contributed by atoms with E-state index in [1.54, 1.807) is 0 Å². The van der Waals surface area contributed by atoms with Crippen molar-refractivity contribution in [3.63, 3.8) is 0 Å². The van der Waals surface area contributed by atoms with Gasteiger partial charge in [-0.25, -0.2) is 0 Å². The van der Waals surface area contributed by atoms with E-state index in [0.717, 1.165) is 5.56 Å². The summed E-state index contributed by atoms with van der Waals surface area (Å²) in [5, 5.41) is 0. The molecule has 0 radical (unpaired) electrons. The van der Waals surface area contributed by atoms with Gasteiger partial charge in [0.25, 0.3) is 0 Å². The van der Waals surface area contributed by atoms with Crippen molar-refractivity contribution in [1.82, 2.24) is 0 Å². The predicted octanol–water partition coefficient (Wildman–Crippen LogP) is 4.03. The Morgan fingerprint density at radius 2 is 1.67 bits per heavy atom. The SMILES string of the molecule is CC(C)=C(C#Cc1ccccc1)C(C)C. The summed E-state index contributed by atoms with van der Waals surface area (Å²) < 4.78 is 0. The van der Waals surface area contributed by atoms with Crippen molar-refractivity contribution >= 4 is 0 Å². The molecule has 0 bridgehead atoms. The number of hydrogen-bond acceptors (Lipinski definition) is 0. The lowest BCUT2D eigenvalue weighted by Gasteiger charge is -2.05. The molecule has 0 atom stereocenters. The average molecular weight is 198 g/mol. The van der Waals surface area contributed by atoms with E-state index in [4.69, 9.17) is 0 Å². The Hall–Kier alpha value is -1.48. The molecule has 0 heterocycles. The highest BCUT2D eigenvalue weighted by molar-refractivity contribution is 5.42. The van der Waals surface area contributed by atoms with Gasteiger partial charge in [-0.1, -0.05) is 49.5 Å². The lowest BCUT2D eigenvalue weighted by Crippen LogP contribution is -1.93. The molecule has 0 aliphatic carbocycles. The first-order valence-corrected chi connectivity index (χ1v) is 5.35. The molecule has 0 N–H and O–H groups in total. The summed E-state index contributed by atoms with van der Waals surface area (Å²) in [4.78, 5) is 0. The Morgan fingerprint density at radius 3 is 2.13 bits per heavy atom. The fourth-order valence-electron chi connectivity index (χ4n) is 1.51. The van der Waals surface area contributed by atoms with E-state index in [9.17, 15) is 0 Å². The standard InChI is InChI=1S/C15H18/c1-12(2)15(13(3)4)11-10-14-8-6-5-7-9-14/h5-9,12H,1-4H3. The van der Waals surface area contributed by atoms with Gasteiger partial charge in [0.05, 0.1) is 0 Å². The molecule has 1 rings (SSSR count). The highest BCUT2D eigenvalue weighted by Crippen LogP contribution is 2.13. The topological polar surface area (TPSA) is 0 Å². The predicted molar refractivity (Wildman–Crippen MR) is 66.5 cm³/mol. The largest absolute Gasteiger partial charge is 0.0659 e. The van der Waals surface area contributed by atoms with Gasteiger partial charge in [0.2, 0.25) is 0 Å². The lowest BCUT2D eigenvalue weighted by atomic mass is 9.99. The minimum Gasteiger partial charge on any atom is -0.0659 e. The highest BCUT2D eigenvalue weighted by Gasteiger charge is 2.00. The van der Waals surface area contributed by atoms with Crippen LogP contribution in [0.3, 0.4) is 0 Å². The molecule has 0 saturated heterocycles. The van der Waals surface area contributed by atoms with Crippen LogP contribution in [0.1, 0.15) is 33.3 Å². The average Bonchev–Trinajstić information content (AvgIpc) is 2.18. The zero-order chi connectivity index (χ0) is 11.3. The highest BCUT2D eigenvalue weighted by atomic mass is 14.0. The molecule has 0 aliphatic heterocycles. The fourth-order valence-corrected chi connectivity index (χ4v) is 1.51. The van der Waals surface area contributed by atoms with Gasteiger partial charge in [-0.2, -0.15) is 0 Å². The van der Waals surface area contributed by atoms with Gasteiger partial charge in [-0.15, -0.1) is 0 Å². The van der Waals surface area contributed by atoms with Gasteiger partial charge < -0.3 is 0 Å². The maximum Gasteiger partial charge on any atom is 0.0248 e. The van der Waals surface area contributed by atoms with Crippen LogP contribution in [-0.4, -0.2) is 0 Å². The van der Waals surface area contributed by atoms with Crippen molar-refractivity contribution in [3.8, 4) is 11.8 Å². The van der Waals surface area contributed by atoms with Crippen LogP contribution < -0.4 is 0 Å². The maximum absolute atomic E-state index is 3.26. The molecule has 1 aromatic rings. The van der Waals surface area contributed by atoms with E-state index in [1.165, 1.54) is 11.1 Å². The molecule has 0 nitrogen and oxygen atoms in total. The minimum atomic E-state index is 0.506. The summed E-state index contributed by atoms with van der Waals surface area (Å²) in [5.41, 5.74) is 3.64. The second-order valence-electron chi connectivity index (χ2n) is 4.18. The zero-order valence-electron chi connectivity index (χ0n) is 9.96. The minimum absolute atomic E-state index is 0.506. The third kappa shape index (κ3) is 3.64. The molecular formula is C15H18. The smallest absolute Gasteiger partial charge is 0.0248 e. The Labute approximate surface area is 93.0 Å². The summed E-state index contributed by atoms with van der Waals surface area (Å²) in [6.07, 6.45) is 0. The first kappa shape index (κ1) is 11.6. The van der Waals surface area contributed by atoms with E-state index in [2.05, 4.69) is 39.5 Å². The molecule has 78 valence electrons. The van der Waals surface area contributed by atoms with Crippen LogP contribution in [0.2, 0.25) is 0 Å². The Kier molecular flexibility index (Phi) is 4.18. The molecule has 0 spiro atoms. The van der Waals surface area contributed by atoms with Crippen molar-refractivity contribution in [1.29, 1.82) is 0 Å². The maximum atomic E-state index is 3.26. The molecule has 0 aliphatic rings. The summed E-state index contributed by atoms with van der Waals surface area (Å²) in [5.74, 6) is 6.97. The molecule has 0 amide bonds. The zero-order valence-corrected chi connectivity index (χ0v) is 9.96. The van der Waals surface area contributed by atoms with E-state index in [-0.39, 0.29) is 0 Å². The van der Waals surface area contributed by atoms with Crippen LogP contribution in [-0.2, 0) is 0 Å².